The predicted molar refractivity (Wildman–Crippen MR) is 101 cm³/mol. The molecular formula is C20H24N2O7. The maximum Gasteiger partial charge on any atom is 0.326 e. The third-order valence-electron chi connectivity index (χ3n) is 5.31. The van der Waals surface area contributed by atoms with Gasteiger partial charge in [-0.1, -0.05) is 19.3 Å². The largest absolute Gasteiger partial charge is 0.497 e. The van der Waals surface area contributed by atoms with Crippen molar-refractivity contribution < 1.29 is 33.4 Å². The van der Waals surface area contributed by atoms with Gasteiger partial charge in [-0.15, -0.1) is 0 Å². The van der Waals surface area contributed by atoms with E-state index >= 15 is 0 Å². The molecule has 3 rings (SSSR count). The van der Waals surface area contributed by atoms with Crippen molar-refractivity contribution in [2.45, 2.75) is 37.6 Å². The number of carbonyl (C=O) groups is 4. The summed E-state index contributed by atoms with van der Waals surface area (Å²) in [7, 11) is 2.89. The number of methoxy groups -OCH3 is 2. The van der Waals surface area contributed by atoms with Crippen LogP contribution in [-0.2, 0) is 14.3 Å². The summed E-state index contributed by atoms with van der Waals surface area (Å²) < 4.78 is 15.2. The van der Waals surface area contributed by atoms with Crippen LogP contribution in [-0.4, -0.2) is 61.5 Å². The minimum absolute atomic E-state index is 0.204. The molecule has 1 aromatic carbocycles. The number of nitrogens with zero attached hydrogens (tertiary/aromatic N) is 1. The van der Waals surface area contributed by atoms with Crippen LogP contribution in [0.4, 0.5) is 4.79 Å². The summed E-state index contributed by atoms with van der Waals surface area (Å²) in [6.45, 7) is -1.08. The minimum atomic E-state index is -0.903. The van der Waals surface area contributed by atoms with E-state index in [1.807, 2.05) is 0 Å². The molecule has 9 nitrogen and oxygen atoms in total. The Labute approximate surface area is 168 Å². The standard InChI is InChI=1S/C20H24N2O7/c1-27-13-6-7-16(28-2)14(10-13)15(23)12-29-17(24)11-22-18(25)20(21-19(22)26)8-4-3-5-9-20/h6-7,10H,3-5,8-9,11-12H2,1-2H3,(H,21,26). The third kappa shape index (κ3) is 4.18. The van der Waals surface area contributed by atoms with Gasteiger partial charge >= 0.3 is 12.0 Å². The summed E-state index contributed by atoms with van der Waals surface area (Å²) in [4.78, 5) is 50.3. The molecule has 1 heterocycles. The van der Waals surface area contributed by atoms with Gasteiger partial charge in [0.2, 0.25) is 5.78 Å². The summed E-state index contributed by atoms with van der Waals surface area (Å²) in [5, 5.41) is 2.73. The van der Waals surface area contributed by atoms with Crippen LogP contribution in [0.1, 0.15) is 42.5 Å². The molecule has 1 aliphatic carbocycles. The molecule has 0 atom stereocenters. The van der Waals surface area contributed by atoms with Crippen LogP contribution >= 0.6 is 0 Å². The van der Waals surface area contributed by atoms with Gasteiger partial charge in [0, 0.05) is 0 Å². The van der Waals surface area contributed by atoms with Crippen molar-refractivity contribution in [2.75, 3.05) is 27.4 Å². The van der Waals surface area contributed by atoms with Gasteiger partial charge in [0.05, 0.1) is 19.8 Å². The third-order valence-corrected chi connectivity index (χ3v) is 5.31. The first-order valence-corrected chi connectivity index (χ1v) is 9.45. The molecule has 0 bridgehead atoms. The zero-order valence-electron chi connectivity index (χ0n) is 16.5. The molecule has 0 radical (unpaired) electrons. The number of ketones is 1. The first-order valence-electron chi connectivity index (χ1n) is 9.45. The van der Waals surface area contributed by atoms with Crippen LogP contribution in [0, 0.1) is 0 Å². The molecule has 1 saturated carbocycles. The molecule has 2 fully saturated rings. The molecule has 1 N–H and O–H groups in total. The Balaban J connectivity index is 1.59. The molecule has 156 valence electrons. The summed E-state index contributed by atoms with van der Waals surface area (Å²) in [5.41, 5.74) is -0.699. The van der Waals surface area contributed by atoms with Gasteiger partial charge in [-0.05, 0) is 31.0 Å². The van der Waals surface area contributed by atoms with Crippen LogP contribution < -0.4 is 14.8 Å². The van der Waals surface area contributed by atoms with E-state index in [0.29, 0.717) is 24.3 Å². The van der Waals surface area contributed by atoms with Gasteiger partial charge in [-0.25, -0.2) is 4.79 Å². The van der Waals surface area contributed by atoms with E-state index in [1.165, 1.54) is 20.3 Å². The number of imide groups is 1. The van der Waals surface area contributed by atoms with Crippen LogP contribution in [0.5, 0.6) is 11.5 Å². The van der Waals surface area contributed by atoms with E-state index in [1.54, 1.807) is 12.1 Å². The smallest absolute Gasteiger partial charge is 0.326 e. The number of urea groups is 1. The SMILES string of the molecule is COc1ccc(OC)c(C(=O)COC(=O)CN2C(=O)NC3(CCCCC3)C2=O)c1. The highest BCUT2D eigenvalue weighted by Gasteiger charge is 2.51. The van der Waals surface area contributed by atoms with Gasteiger partial charge < -0.3 is 19.5 Å². The van der Waals surface area contributed by atoms with Crippen molar-refractivity contribution in [3.05, 3.63) is 23.8 Å². The monoisotopic (exact) mass is 404 g/mol. The average Bonchev–Trinajstić information content (AvgIpc) is 2.95. The topological polar surface area (TPSA) is 111 Å². The number of rotatable bonds is 7. The maximum atomic E-state index is 12.7. The molecule has 29 heavy (non-hydrogen) atoms. The second-order valence-corrected chi connectivity index (χ2v) is 7.11. The van der Waals surface area contributed by atoms with Crippen molar-refractivity contribution in [3.63, 3.8) is 0 Å². The van der Waals surface area contributed by atoms with E-state index in [9.17, 15) is 19.2 Å². The van der Waals surface area contributed by atoms with E-state index < -0.39 is 42.4 Å². The first-order chi connectivity index (χ1) is 13.9. The molecule has 2 aliphatic rings. The molecule has 1 saturated heterocycles. The lowest BCUT2D eigenvalue weighted by Crippen LogP contribution is -2.48. The van der Waals surface area contributed by atoms with Crippen molar-refractivity contribution in [1.29, 1.82) is 0 Å². The normalized spacial score (nSPS) is 17.8. The summed E-state index contributed by atoms with van der Waals surface area (Å²) in [6.07, 6.45) is 3.85. The van der Waals surface area contributed by atoms with E-state index in [-0.39, 0.29) is 5.56 Å². The molecular weight excluding hydrogens is 380 g/mol. The van der Waals surface area contributed by atoms with Gasteiger partial charge in [-0.2, -0.15) is 0 Å². The Morgan fingerprint density at radius 2 is 1.83 bits per heavy atom. The van der Waals surface area contributed by atoms with E-state index in [4.69, 9.17) is 14.2 Å². The number of benzene rings is 1. The Bertz CT molecular complexity index is 830. The van der Waals surface area contributed by atoms with Crippen LogP contribution in [0.2, 0.25) is 0 Å². The zero-order valence-corrected chi connectivity index (χ0v) is 16.5. The first kappa shape index (κ1) is 20.6. The lowest BCUT2D eigenvalue weighted by Gasteiger charge is -2.30. The maximum absolute atomic E-state index is 12.7. The Morgan fingerprint density at radius 1 is 1.10 bits per heavy atom. The number of Topliss-reactive ketones (excluding diaryl/α,β-unsaturated/α-hetero) is 1. The minimum Gasteiger partial charge on any atom is -0.497 e. The summed E-state index contributed by atoms with van der Waals surface area (Å²) in [6, 6.07) is 4.10. The van der Waals surface area contributed by atoms with Crippen LogP contribution in [0.15, 0.2) is 18.2 Å². The molecule has 0 unspecified atom stereocenters. The fraction of sp³-hybridized carbons (Fsp3) is 0.500. The van der Waals surface area contributed by atoms with Crippen molar-refractivity contribution >= 4 is 23.7 Å². The summed E-state index contributed by atoms with van der Waals surface area (Å²) in [5.74, 6) is -0.954. The number of esters is 1. The molecule has 3 amide bonds. The molecule has 1 aromatic rings. The highest BCUT2D eigenvalue weighted by molar-refractivity contribution is 6.09. The number of hydrogen-bond acceptors (Lipinski definition) is 7. The van der Waals surface area contributed by atoms with Gasteiger partial charge in [-0.3, -0.25) is 19.3 Å². The highest BCUT2D eigenvalue weighted by atomic mass is 16.5. The van der Waals surface area contributed by atoms with Crippen LogP contribution in [0.3, 0.4) is 0 Å². The quantitative estimate of drug-likeness (QED) is 0.418. The Kier molecular flexibility index (Phi) is 6.05. The Hall–Kier alpha value is -3.10. The lowest BCUT2D eigenvalue weighted by atomic mass is 9.82. The van der Waals surface area contributed by atoms with Gasteiger partial charge in [0.1, 0.15) is 23.6 Å². The molecule has 1 aliphatic heterocycles. The van der Waals surface area contributed by atoms with Crippen LogP contribution in [0.25, 0.3) is 0 Å². The van der Waals surface area contributed by atoms with Gasteiger partial charge in [0.15, 0.2) is 6.61 Å². The second kappa shape index (κ2) is 8.50. The van der Waals surface area contributed by atoms with Crippen molar-refractivity contribution in [2.24, 2.45) is 0 Å². The number of hydrogen-bond donors (Lipinski definition) is 1. The molecule has 1 spiro atoms. The average molecular weight is 404 g/mol. The predicted octanol–water partition coefficient (Wildman–Crippen LogP) is 1.68. The second-order valence-electron chi connectivity index (χ2n) is 7.11. The zero-order chi connectivity index (χ0) is 21.0. The fourth-order valence-electron chi connectivity index (χ4n) is 3.74. The van der Waals surface area contributed by atoms with Gasteiger partial charge in [0.25, 0.3) is 5.91 Å². The number of nitrogens with one attached hydrogen (secondary N) is 1. The van der Waals surface area contributed by atoms with Crippen molar-refractivity contribution in [1.82, 2.24) is 10.2 Å². The molecule has 9 heteroatoms. The fourth-order valence-corrected chi connectivity index (χ4v) is 3.74. The molecule has 0 aromatic heterocycles. The Morgan fingerprint density at radius 3 is 2.48 bits per heavy atom. The van der Waals surface area contributed by atoms with E-state index in [2.05, 4.69) is 5.32 Å². The van der Waals surface area contributed by atoms with Crippen molar-refractivity contribution in [3.8, 4) is 11.5 Å². The number of amides is 3. The number of ether oxygens (including phenoxy) is 3. The number of carbonyl (C=O) groups excluding carboxylic acids is 4. The summed E-state index contributed by atoms with van der Waals surface area (Å²) >= 11 is 0. The lowest BCUT2D eigenvalue weighted by molar-refractivity contribution is -0.147. The highest BCUT2D eigenvalue weighted by Crippen LogP contribution is 2.33. The van der Waals surface area contributed by atoms with E-state index in [0.717, 1.165) is 24.2 Å².